The molecule has 0 radical (unpaired) electrons. The van der Waals surface area contributed by atoms with E-state index in [2.05, 4.69) is 0 Å². The Labute approximate surface area is 145 Å². The molecule has 1 aliphatic carbocycles. The summed E-state index contributed by atoms with van der Waals surface area (Å²) in [5, 5.41) is 27.3. The molecule has 0 saturated heterocycles. The van der Waals surface area contributed by atoms with Gasteiger partial charge in [0.1, 0.15) is 5.54 Å². The first-order valence-electron chi connectivity index (χ1n) is 7.29. The van der Waals surface area contributed by atoms with Crippen LogP contribution in [-0.2, 0) is 4.79 Å². The van der Waals surface area contributed by atoms with Crippen molar-refractivity contribution in [3.05, 3.63) is 0 Å². The number of hydrogen-bond acceptors (Lipinski definition) is 5. The summed E-state index contributed by atoms with van der Waals surface area (Å²) in [6, 6.07) is 0. The fourth-order valence-electron chi connectivity index (χ4n) is 3.15. The molecule has 0 unspecified atom stereocenters. The molecule has 0 aromatic carbocycles. The zero-order valence-electron chi connectivity index (χ0n) is 13.3. The normalized spacial score (nSPS) is 27.7. The number of carbonyl (C=O) groups is 1. The van der Waals surface area contributed by atoms with Gasteiger partial charge in [-0.15, -0.1) is 24.8 Å². The lowest BCUT2D eigenvalue weighted by atomic mass is 9.65. The quantitative estimate of drug-likeness (QED) is 0.502. The fraction of sp³-hybridized carbons (Fsp3) is 0.923. The van der Waals surface area contributed by atoms with Crippen LogP contribution in [0, 0.1) is 11.8 Å². The molecule has 0 aromatic heterocycles. The highest BCUT2D eigenvalue weighted by atomic mass is 35.5. The second-order valence-electron chi connectivity index (χ2n) is 6.34. The predicted molar refractivity (Wildman–Crippen MR) is 92.7 cm³/mol. The monoisotopic (exact) mass is 358 g/mol. The summed E-state index contributed by atoms with van der Waals surface area (Å²) in [5.41, 5.74) is 5.00. The van der Waals surface area contributed by atoms with E-state index in [-0.39, 0.29) is 43.0 Å². The molecule has 0 bridgehead atoms. The van der Waals surface area contributed by atoms with Crippen molar-refractivity contribution in [1.29, 1.82) is 0 Å². The lowest BCUT2D eigenvalue weighted by Crippen LogP contribution is -2.57. The molecule has 1 fully saturated rings. The maximum Gasteiger partial charge on any atom is 0.451 e. The lowest BCUT2D eigenvalue weighted by molar-refractivity contribution is -0.148. The Morgan fingerprint density at radius 3 is 2.32 bits per heavy atom. The summed E-state index contributed by atoms with van der Waals surface area (Å²) >= 11 is 0. The molecule has 0 heterocycles. The van der Waals surface area contributed by atoms with E-state index in [9.17, 15) is 9.90 Å². The third-order valence-electron chi connectivity index (χ3n) is 4.43. The number of nitrogens with two attached hydrogens (primary N) is 1. The van der Waals surface area contributed by atoms with E-state index in [0.717, 1.165) is 25.8 Å². The van der Waals surface area contributed by atoms with Gasteiger partial charge in [0.15, 0.2) is 0 Å². The topological polar surface area (TPSA) is 107 Å². The first kappa shape index (κ1) is 24.2. The van der Waals surface area contributed by atoms with Crippen LogP contribution in [0.3, 0.4) is 0 Å². The number of halogens is 2. The Morgan fingerprint density at radius 2 is 1.86 bits per heavy atom. The second kappa shape index (κ2) is 10.7. The second-order valence-corrected chi connectivity index (χ2v) is 6.34. The number of rotatable bonds is 7. The molecule has 0 amide bonds. The Kier molecular flexibility index (Phi) is 11.8. The van der Waals surface area contributed by atoms with E-state index in [1.807, 2.05) is 19.0 Å². The van der Waals surface area contributed by atoms with Crippen molar-refractivity contribution < 1.29 is 19.9 Å². The van der Waals surface area contributed by atoms with Crippen LogP contribution in [0.25, 0.3) is 0 Å². The standard InChI is InChI=1S/C13H27BN2O4.2ClH/c1-16(2)8-6-11-4-3-10(5-7-14(19)20)9-13(11,15)12(17)18;;/h10-11,19-20H,3-9,15H2,1-2H3,(H,17,18);2*1H/t10-,11+,13+;;/m0../s1. The molecule has 1 aliphatic rings. The third-order valence-corrected chi connectivity index (χ3v) is 4.43. The van der Waals surface area contributed by atoms with E-state index < -0.39 is 18.6 Å². The van der Waals surface area contributed by atoms with Crippen molar-refractivity contribution in [2.45, 2.75) is 44.0 Å². The highest BCUT2D eigenvalue weighted by molar-refractivity contribution is 6.40. The molecular formula is C13H29BCl2N2O4. The minimum Gasteiger partial charge on any atom is -0.480 e. The molecule has 22 heavy (non-hydrogen) atoms. The highest BCUT2D eigenvalue weighted by Crippen LogP contribution is 2.39. The van der Waals surface area contributed by atoms with E-state index >= 15 is 0 Å². The van der Waals surface area contributed by atoms with Crippen LogP contribution < -0.4 is 5.73 Å². The first-order chi connectivity index (χ1) is 9.25. The van der Waals surface area contributed by atoms with Crippen molar-refractivity contribution in [3.63, 3.8) is 0 Å². The Morgan fingerprint density at radius 1 is 1.27 bits per heavy atom. The van der Waals surface area contributed by atoms with Gasteiger partial charge >= 0.3 is 13.1 Å². The van der Waals surface area contributed by atoms with E-state index in [1.54, 1.807) is 0 Å². The van der Waals surface area contributed by atoms with Gasteiger partial charge in [0, 0.05) is 0 Å². The van der Waals surface area contributed by atoms with Crippen LogP contribution in [0.5, 0.6) is 0 Å². The smallest absolute Gasteiger partial charge is 0.451 e. The number of carboxylic acid groups (broad SMARTS) is 1. The zero-order valence-corrected chi connectivity index (χ0v) is 14.9. The number of aliphatic carboxylic acids is 1. The minimum atomic E-state index is -1.32. The molecule has 1 rings (SSSR count). The molecule has 0 spiro atoms. The Hall–Kier alpha value is -0.0451. The summed E-state index contributed by atoms with van der Waals surface area (Å²) in [7, 11) is 2.61. The van der Waals surface area contributed by atoms with Gasteiger partial charge in [-0.1, -0.05) is 12.8 Å². The molecule has 0 aliphatic heterocycles. The highest BCUT2D eigenvalue weighted by Gasteiger charge is 2.46. The van der Waals surface area contributed by atoms with E-state index in [1.165, 1.54) is 0 Å². The van der Waals surface area contributed by atoms with Crippen LogP contribution in [0.2, 0.25) is 6.32 Å². The Bertz CT molecular complexity index is 337. The first-order valence-corrected chi connectivity index (χ1v) is 7.29. The fourth-order valence-corrected chi connectivity index (χ4v) is 3.15. The van der Waals surface area contributed by atoms with Gasteiger partial charge in [-0.05, 0) is 58.1 Å². The van der Waals surface area contributed by atoms with Crippen molar-refractivity contribution in [2.24, 2.45) is 17.6 Å². The molecule has 3 atom stereocenters. The van der Waals surface area contributed by atoms with Crippen LogP contribution >= 0.6 is 24.8 Å². The van der Waals surface area contributed by atoms with Gasteiger partial charge in [-0.2, -0.15) is 0 Å². The van der Waals surface area contributed by atoms with Crippen LogP contribution in [-0.4, -0.2) is 59.3 Å². The average molecular weight is 359 g/mol. The third kappa shape index (κ3) is 7.02. The molecule has 6 nitrogen and oxygen atoms in total. The van der Waals surface area contributed by atoms with Crippen LogP contribution in [0.4, 0.5) is 0 Å². The molecule has 5 N–H and O–H groups in total. The minimum absolute atomic E-state index is 0. The van der Waals surface area contributed by atoms with Gasteiger partial charge < -0.3 is 25.8 Å². The van der Waals surface area contributed by atoms with Crippen molar-refractivity contribution in [2.75, 3.05) is 20.6 Å². The van der Waals surface area contributed by atoms with Gasteiger partial charge in [0.05, 0.1) is 0 Å². The van der Waals surface area contributed by atoms with E-state index in [0.29, 0.717) is 12.8 Å². The van der Waals surface area contributed by atoms with E-state index in [4.69, 9.17) is 15.8 Å². The number of nitrogens with zero attached hydrogens (tertiary/aromatic N) is 1. The molecule has 132 valence electrons. The van der Waals surface area contributed by atoms with Gasteiger partial charge in [0.25, 0.3) is 0 Å². The van der Waals surface area contributed by atoms with Gasteiger partial charge in [0.2, 0.25) is 0 Å². The summed E-state index contributed by atoms with van der Waals surface area (Å²) in [6.45, 7) is 0.830. The molecule has 0 aromatic rings. The van der Waals surface area contributed by atoms with Crippen molar-refractivity contribution >= 4 is 37.9 Å². The maximum atomic E-state index is 11.6. The van der Waals surface area contributed by atoms with Gasteiger partial charge in [-0.3, -0.25) is 4.79 Å². The van der Waals surface area contributed by atoms with Crippen molar-refractivity contribution in [1.82, 2.24) is 4.90 Å². The Balaban J connectivity index is 0. The number of carboxylic acids is 1. The largest absolute Gasteiger partial charge is 0.480 e. The zero-order chi connectivity index (χ0) is 15.3. The molecule has 1 saturated carbocycles. The predicted octanol–water partition coefficient (Wildman–Crippen LogP) is 0.843. The lowest BCUT2D eigenvalue weighted by Gasteiger charge is -2.42. The average Bonchev–Trinajstić information content (AvgIpc) is 2.34. The summed E-state index contributed by atoms with van der Waals surface area (Å²) < 4.78 is 0. The summed E-state index contributed by atoms with van der Waals surface area (Å²) in [5.74, 6) is -0.790. The van der Waals surface area contributed by atoms with Crippen molar-refractivity contribution in [3.8, 4) is 0 Å². The summed E-state index contributed by atoms with van der Waals surface area (Å²) in [6.07, 6.45) is 3.81. The molecule has 9 heteroatoms. The molecular weight excluding hydrogens is 330 g/mol. The number of hydrogen-bond donors (Lipinski definition) is 4. The van der Waals surface area contributed by atoms with Gasteiger partial charge in [-0.25, -0.2) is 0 Å². The summed E-state index contributed by atoms with van der Waals surface area (Å²) in [4.78, 5) is 13.6. The SMILES string of the molecule is CN(C)CC[C@H]1CC[C@@H](CCB(O)O)C[C@]1(N)C(=O)O.Cl.Cl. The van der Waals surface area contributed by atoms with Crippen LogP contribution in [0.1, 0.15) is 32.1 Å². The maximum absolute atomic E-state index is 11.6. The van der Waals surface area contributed by atoms with Crippen LogP contribution in [0.15, 0.2) is 0 Å².